The maximum Gasteiger partial charge on any atom is 0.508 e. The lowest BCUT2D eigenvalue weighted by atomic mass is 9.49. The van der Waals surface area contributed by atoms with Crippen molar-refractivity contribution >= 4 is 18.1 Å². The molecule has 1 saturated heterocycles. The molecule has 0 aromatic carbocycles. The number of hydrogen-bond acceptors (Lipinski definition) is 8. The SMILES string of the molecule is CCCCCCCCCCCCCCC(=O)OCC(COC(=O)CC12C[C@H]3C[C@@H](C1)C[C@@H](C2)C3)COC(=O)OCCCN1CCCC1. The molecular formula is C39H67NO7. The maximum absolute atomic E-state index is 13.1. The predicted octanol–water partition coefficient (Wildman–Crippen LogP) is 9.03. The van der Waals surface area contributed by atoms with Gasteiger partial charge in [0.2, 0.25) is 0 Å². The van der Waals surface area contributed by atoms with Crippen LogP contribution in [0.2, 0.25) is 0 Å². The van der Waals surface area contributed by atoms with E-state index in [9.17, 15) is 14.4 Å². The molecule has 8 heteroatoms. The summed E-state index contributed by atoms with van der Waals surface area (Å²) in [7, 11) is 0. The van der Waals surface area contributed by atoms with Crippen LogP contribution in [0.1, 0.15) is 155 Å². The second kappa shape index (κ2) is 21.3. The van der Waals surface area contributed by atoms with E-state index < -0.39 is 12.1 Å². The van der Waals surface area contributed by atoms with E-state index in [1.165, 1.54) is 89.9 Å². The summed E-state index contributed by atoms with van der Waals surface area (Å²) in [6, 6.07) is 0. The first-order chi connectivity index (χ1) is 22.9. The number of likely N-dealkylation sites (tertiary alicyclic amines) is 1. The summed E-state index contributed by atoms with van der Waals surface area (Å²) in [5, 5.41) is 0. The molecule has 5 fully saturated rings. The van der Waals surface area contributed by atoms with E-state index in [0.717, 1.165) is 82.3 Å². The summed E-state index contributed by atoms with van der Waals surface area (Å²) in [5.74, 6) is 1.50. The Kier molecular flexibility index (Phi) is 17.2. The van der Waals surface area contributed by atoms with Crippen molar-refractivity contribution in [2.45, 2.75) is 155 Å². The summed E-state index contributed by atoms with van der Waals surface area (Å²) in [6.07, 6.45) is 25.8. The van der Waals surface area contributed by atoms with Crippen molar-refractivity contribution in [3.8, 4) is 0 Å². The lowest BCUT2D eigenvalue weighted by molar-refractivity contribution is -0.155. The highest BCUT2D eigenvalue weighted by molar-refractivity contribution is 5.70. The van der Waals surface area contributed by atoms with Gasteiger partial charge >= 0.3 is 18.1 Å². The van der Waals surface area contributed by atoms with Crippen molar-refractivity contribution in [3.05, 3.63) is 0 Å². The first kappa shape index (κ1) is 38.0. The van der Waals surface area contributed by atoms with Gasteiger partial charge in [0.05, 0.1) is 18.9 Å². The lowest BCUT2D eigenvalue weighted by Crippen LogP contribution is -2.47. The van der Waals surface area contributed by atoms with E-state index in [4.69, 9.17) is 18.9 Å². The smallest absolute Gasteiger partial charge is 0.465 e. The minimum atomic E-state index is -0.723. The molecule has 4 saturated carbocycles. The van der Waals surface area contributed by atoms with Crippen LogP contribution in [0.4, 0.5) is 4.79 Å². The van der Waals surface area contributed by atoms with Crippen LogP contribution in [0.15, 0.2) is 0 Å². The van der Waals surface area contributed by atoms with Crippen LogP contribution in [-0.2, 0) is 28.5 Å². The van der Waals surface area contributed by atoms with Crippen LogP contribution in [0.25, 0.3) is 0 Å². The number of carbonyl (C=O) groups excluding carboxylic acids is 3. The molecule has 8 nitrogen and oxygen atoms in total. The van der Waals surface area contributed by atoms with E-state index in [1.54, 1.807) is 0 Å². The molecule has 270 valence electrons. The topological polar surface area (TPSA) is 91.4 Å². The Morgan fingerprint density at radius 2 is 1.15 bits per heavy atom. The van der Waals surface area contributed by atoms with Gasteiger partial charge in [0.15, 0.2) is 0 Å². The Labute approximate surface area is 285 Å². The van der Waals surface area contributed by atoms with Gasteiger partial charge < -0.3 is 23.8 Å². The van der Waals surface area contributed by atoms with E-state index >= 15 is 0 Å². The molecule has 0 aromatic rings. The number of esters is 2. The fraction of sp³-hybridized carbons (Fsp3) is 0.923. The second-order valence-corrected chi connectivity index (χ2v) is 15.8. The Hall–Kier alpha value is -1.83. The van der Waals surface area contributed by atoms with E-state index in [2.05, 4.69) is 11.8 Å². The minimum absolute atomic E-state index is 0.0124. The number of rotatable bonds is 25. The van der Waals surface area contributed by atoms with Crippen LogP contribution in [0, 0.1) is 29.1 Å². The summed E-state index contributed by atoms with van der Waals surface area (Å²) in [5.41, 5.74) is 0.109. The van der Waals surface area contributed by atoms with Crippen LogP contribution in [0.3, 0.4) is 0 Å². The zero-order chi connectivity index (χ0) is 33.2. The summed E-state index contributed by atoms with van der Waals surface area (Å²) < 4.78 is 22.0. The van der Waals surface area contributed by atoms with Gasteiger partial charge in [-0.1, -0.05) is 77.6 Å². The van der Waals surface area contributed by atoms with Gasteiger partial charge in [-0.05, 0) is 100 Å². The van der Waals surface area contributed by atoms with Gasteiger partial charge in [0.25, 0.3) is 0 Å². The van der Waals surface area contributed by atoms with Crippen LogP contribution in [-0.4, -0.2) is 69.1 Å². The van der Waals surface area contributed by atoms with Gasteiger partial charge in [-0.25, -0.2) is 4.79 Å². The Bertz CT molecular complexity index is 882. The Balaban J connectivity index is 1.10. The maximum atomic E-state index is 13.1. The predicted molar refractivity (Wildman–Crippen MR) is 184 cm³/mol. The largest absolute Gasteiger partial charge is 0.508 e. The molecule has 47 heavy (non-hydrogen) atoms. The zero-order valence-corrected chi connectivity index (χ0v) is 29.8. The molecule has 1 unspecified atom stereocenters. The van der Waals surface area contributed by atoms with Crippen molar-refractivity contribution in [1.82, 2.24) is 4.90 Å². The lowest BCUT2D eigenvalue weighted by Gasteiger charge is -2.56. The molecule has 1 aliphatic heterocycles. The number of nitrogens with zero attached hydrogens (tertiary/aromatic N) is 1. The van der Waals surface area contributed by atoms with Crippen molar-refractivity contribution in [2.24, 2.45) is 29.1 Å². The average molecular weight is 662 g/mol. The van der Waals surface area contributed by atoms with Gasteiger partial charge in [-0.15, -0.1) is 0 Å². The molecule has 4 aliphatic carbocycles. The van der Waals surface area contributed by atoms with E-state index in [1.807, 2.05) is 0 Å². The normalized spacial score (nSPS) is 25.5. The van der Waals surface area contributed by atoms with Gasteiger partial charge in [0.1, 0.15) is 19.8 Å². The molecule has 0 amide bonds. The molecule has 5 rings (SSSR count). The van der Waals surface area contributed by atoms with E-state index in [-0.39, 0.29) is 37.2 Å². The van der Waals surface area contributed by atoms with Crippen LogP contribution >= 0.6 is 0 Å². The fourth-order valence-corrected chi connectivity index (χ4v) is 9.29. The van der Waals surface area contributed by atoms with E-state index in [0.29, 0.717) is 19.4 Å². The van der Waals surface area contributed by atoms with Gasteiger partial charge in [-0.2, -0.15) is 0 Å². The third-order valence-electron chi connectivity index (χ3n) is 11.4. The third kappa shape index (κ3) is 14.7. The van der Waals surface area contributed by atoms with Crippen molar-refractivity contribution in [1.29, 1.82) is 0 Å². The standard InChI is InChI=1S/C39H67NO7/c1-2-3-4-5-6-7-8-9-10-11-12-13-17-36(41)45-29-35(31-47-38(43)44-21-16-20-40-18-14-15-19-40)30-46-37(42)28-39-25-32-22-33(26-39)24-34(23-32)27-39/h32-35H,2-31H2,1H3/t32-,33+,34-,35?,39?. The summed E-state index contributed by atoms with van der Waals surface area (Å²) >= 11 is 0. The van der Waals surface area contributed by atoms with Crippen LogP contribution < -0.4 is 0 Å². The number of unbranched alkanes of at least 4 members (excludes halogenated alkanes) is 11. The molecule has 0 N–H and O–H groups in total. The number of ether oxygens (including phenoxy) is 4. The molecule has 5 aliphatic rings. The molecule has 1 atom stereocenters. The quantitative estimate of drug-likeness (QED) is 0.0544. The molecule has 0 aromatic heterocycles. The molecule has 0 radical (unpaired) electrons. The summed E-state index contributed by atoms with van der Waals surface area (Å²) in [6.45, 7) is 5.84. The summed E-state index contributed by atoms with van der Waals surface area (Å²) in [4.78, 5) is 40.3. The Morgan fingerprint density at radius 1 is 0.638 bits per heavy atom. The van der Waals surface area contributed by atoms with Crippen LogP contribution in [0.5, 0.6) is 0 Å². The number of carbonyl (C=O) groups is 3. The molecule has 0 spiro atoms. The van der Waals surface area contributed by atoms with Crippen molar-refractivity contribution in [3.63, 3.8) is 0 Å². The zero-order valence-electron chi connectivity index (χ0n) is 29.8. The van der Waals surface area contributed by atoms with Crippen molar-refractivity contribution < 1.29 is 33.3 Å². The first-order valence-corrected chi connectivity index (χ1v) is 19.8. The minimum Gasteiger partial charge on any atom is -0.465 e. The molecule has 1 heterocycles. The van der Waals surface area contributed by atoms with Crippen molar-refractivity contribution in [2.75, 3.05) is 46.1 Å². The highest BCUT2D eigenvalue weighted by Crippen LogP contribution is 2.61. The molecule has 4 bridgehead atoms. The average Bonchev–Trinajstić information content (AvgIpc) is 3.56. The molecular weight excluding hydrogens is 594 g/mol. The second-order valence-electron chi connectivity index (χ2n) is 15.8. The Morgan fingerprint density at radius 3 is 1.72 bits per heavy atom. The number of hydrogen-bond donors (Lipinski definition) is 0. The fourth-order valence-electron chi connectivity index (χ4n) is 9.29. The third-order valence-corrected chi connectivity index (χ3v) is 11.4. The first-order valence-electron chi connectivity index (χ1n) is 19.8. The van der Waals surface area contributed by atoms with Gasteiger partial charge in [0, 0.05) is 13.0 Å². The highest BCUT2D eigenvalue weighted by atomic mass is 16.7. The monoisotopic (exact) mass is 661 g/mol. The van der Waals surface area contributed by atoms with Gasteiger partial charge in [-0.3, -0.25) is 9.59 Å². The highest BCUT2D eigenvalue weighted by Gasteiger charge is 2.51.